The standard InChI is InChI=1S/C33H25BrN2/c1-33(2)27-16-7-9-18-30(27)35(23-12-4-3-5-13-23)32-20-26-25-15-6-8-17-29(25)36(31(26)21-28(32)33)24-14-10-11-22(34)19-24/h3-21H,1-2H3. The molecule has 0 fully saturated rings. The maximum absolute atomic E-state index is 3.69. The maximum atomic E-state index is 3.69. The molecule has 0 atom stereocenters. The van der Waals surface area contributed by atoms with Gasteiger partial charge in [-0.05, 0) is 65.7 Å². The molecule has 2 nitrogen and oxygen atoms in total. The third-order valence-corrected chi connectivity index (χ3v) is 8.10. The van der Waals surface area contributed by atoms with Crippen molar-refractivity contribution in [2.45, 2.75) is 19.3 Å². The number of aromatic nitrogens is 1. The van der Waals surface area contributed by atoms with Crippen LogP contribution in [-0.4, -0.2) is 4.57 Å². The SMILES string of the molecule is CC1(C)c2ccccc2N(c2ccccc2)c2cc3c4ccccc4n(-c4cccc(Br)c4)c3cc21. The van der Waals surface area contributed by atoms with Gasteiger partial charge in [0.1, 0.15) is 0 Å². The quantitative estimate of drug-likeness (QED) is 0.217. The topological polar surface area (TPSA) is 8.17 Å². The summed E-state index contributed by atoms with van der Waals surface area (Å²) in [6.07, 6.45) is 0. The Morgan fingerprint density at radius 3 is 2.11 bits per heavy atom. The summed E-state index contributed by atoms with van der Waals surface area (Å²) in [5, 5.41) is 2.53. The predicted molar refractivity (Wildman–Crippen MR) is 155 cm³/mol. The molecular formula is C33H25BrN2. The van der Waals surface area contributed by atoms with Gasteiger partial charge in [-0.25, -0.2) is 0 Å². The summed E-state index contributed by atoms with van der Waals surface area (Å²) in [5.41, 5.74) is 9.79. The monoisotopic (exact) mass is 528 g/mol. The molecule has 0 saturated carbocycles. The molecule has 1 aromatic heterocycles. The van der Waals surface area contributed by atoms with E-state index < -0.39 is 0 Å². The van der Waals surface area contributed by atoms with Gasteiger partial charge in [0.2, 0.25) is 0 Å². The van der Waals surface area contributed by atoms with Crippen molar-refractivity contribution in [3.8, 4) is 5.69 Å². The van der Waals surface area contributed by atoms with E-state index in [2.05, 4.69) is 155 Å². The van der Waals surface area contributed by atoms with Gasteiger partial charge in [-0.15, -0.1) is 0 Å². The van der Waals surface area contributed by atoms with E-state index in [1.54, 1.807) is 0 Å². The molecule has 0 unspecified atom stereocenters. The summed E-state index contributed by atoms with van der Waals surface area (Å²) in [6, 6.07) is 41.7. The number of nitrogens with zero attached hydrogens (tertiary/aromatic N) is 2. The summed E-state index contributed by atoms with van der Waals surface area (Å²) in [5.74, 6) is 0. The number of para-hydroxylation sites is 3. The van der Waals surface area contributed by atoms with Crippen molar-refractivity contribution >= 4 is 54.8 Å². The Hall–Kier alpha value is -3.82. The van der Waals surface area contributed by atoms with Crippen molar-refractivity contribution in [3.63, 3.8) is 0 Å². The van der Waals surface area contributed by atoms with E-state index in [1.165, 1.54) is 50.0 Å². The van der Waals surface area contributed by atoms with Gasteiger partial charge in [0, 0.05) is 32.0 Å². The fourth-order valence-electron chi connectivity index (χ4n) is 5.91. The number of hydrogen-bond donors (Lipinski definition) is 0. The van der Waals surface area contributed by atoms with Crippen molar-refractivity contribution in [2.24, 2.45) is 0 Å². The molecular weight excluding hydrogens is 504 g/mol. The minimum Gasteiger partial charge on any atom is -0.310 e. The first-order valence-electron chi connectivity index (χ1n) is 12.3. The van der Waals surface area contributed by atoms with Gasteiger partial charge in [-0.1, -0.05) is 90.4 Å². The van der Waals surface area contributed by atoms with Crippen LogP contribution < -0.4 is 4.90 Å². The largest absolute Gasteiger partial charge is 0.310 e. The Balaban J connectivity index is 1.62. The van der Waals surface area contributed by atoms with Crippen molar-refractivity contribution < 1.29 is 0 Å². The van der Waals surface area contributed by atoms with Crippen LogP contribution in [-0.2, 0) is 5.41 Å². The van der Waals surface area contributed by atoms with E-state index in [9.17, 15) is 0 Å². The van der Waals surface area contributed by atoms with Crippen molar-refractivity contribution in [1.82, 2.24) is 4.57 Å². The molecule has 7 rings (SSSR count). The van der Waals surface area contributed by atoms with Crippen LogP contribution in [0.15, 0.2) is 120 Å². The third kappa shape index (κ3) is 3.02. The number of rotatable bonds is 2. The highest BCUT2D eigenvalue weighted by Gasteiger charge is 2.37. The molecule has 174 valence electrons. The first kappa shape index (κ1) is 21.5. The highest BCUT2D eigenvalue weighted by molar-refractivity contribution is 9.10. The second-order valence-electron chi connectivity index (χ2n) is 10.0. The lowest BCUT2D eigenvalue weighted by Gasteiger charge is -2.42. The molecule has 6 aromatic rings. The van der Waals surface area contributed by atoms with Crippen LogP contribution in [0.25, 0.3) is 27.5 Å². The Morgan fingerprint density at radius 2 is 1.28 bits per heavy atom. The average Bonchev–Trinajstić information content (AvgIpc) is 3.22. The fourth-order valence-corrected chi connectivity index (χ4v) is 6.30. The van der Waals surface area contributed by atoms with Gasteiger partial charge in [-0.2, -0.15) is 0 Å². The lowest BCUT2D eigenvalue weighted by molar-refractivity contribution is 0.632. The predicted octanol–water partition coefficient (Wildman–Crippen LogP) is 9.66. The van der Waals surface area contributed by atoms with Gasteiger partial charge >= 0.3 is 0 Å². The van der Waals surface area contributed by atoms with Crippen LogP contribution >= 0.6 is 15.9 Å². The third-order valence-electron chi connectivity index (χ3n) is 7.60. The summed E-state index contributed by atoms with van der Waals surface area (Å²) in [4.78, 5) is 2.43. The minimum atomic E-state index is -0.149. The van der Waals surface area contributed by atoms with Crippen LogP contribution in [0.1, 0.15) is 25.0 Å². The smallest absolute Gasteiger partial charge is 0.0545 e. The zero-order chi connectivity index (χ0) is 24.4. The lowest BCUT2D eigenvalue weighted by atomic mass is 9.73. The van der Waals surface area contributed by atoms with E-state index in [0.29, 0.717) is 0 Å². The first-order valence-corrected chi connectivity index (χ1v) is 13.1. The second-order valence-corrected chi connectivity index (χ2v) is 10.9. The molecule has 3 heteroatoms. The molecule has 0 spiro atoms. The van der Waals surface area contributed by atoms with Crippen molar-refractivity contribution in [1.29, 1.82) is 0 Å². The summed E-state index contributed by atoms with van der Waals surface area (Å²) < 4.78 is 3.48. The summed E-state index contributed by atoms with van der Waals surface area (Å²) in [6.45, 7) is 4.70. The Labute approximate surface area is 219 Å². The van der Waals surface area contributed by atoms with Crippen molar-refractivity contribution in [2.75, 3.05) is 4.90 Å². The van der Waals surface area contributed by atoms with Gasteiger partial charge in [0.15, 0.2) is 0 Å². The van der Waals surface area contributed by atoms with E-state index in [-0.39, 0.29) is 5.41 Å². The van der Waals surface area contributed by atoms with Crippen LogP contribution in [0.2, 0.25) is 0 Å². The summed E-state index contributed by atoms with van der Waals surface area (Å²) >= 11 is 3.69. The van der Waals surface area contributed by atoms with E-state index >= 15 is 0 Å². The zero-order valence-corrected chi connectivity index (χ0v) is 21.8. The Kier molecular flexibility index (Phi) is 4.67. The molecule has 0 radical (unpaired) electrons. The van der Waals surface area contributed by atoms with Gasteiger partial charge in [0.05, 0.1) is 22.4 Å². The van der Waals surface area contributed by atoms with Crippen LogP contribution in [0, 0.1) is 0 Å². The molecule has 0 bridgehead atoms. The minimum absolute atomic E-state index is 0.149. The fraction of sp³-hybridized carbons (Fsp3) is 0.0909. The average molecular weight is 529 g/mol. The molecule has 0 saturated heterocycles. The molecule has 5 aromatic carbocycles. The first-order chi connectivity index (χ1) is 17.5. The van der Waals surface area contributed by atoms with E-state index in [4.69, 9.17) is 0 Å². The molecule has 0 aliphatic carbocycles. The number of halogens is 1. The number of anilines is 3. The van der Waals surface area contributed by atoms with Gasteiger partial charge in [-0.3, -0.25) is 0 Å². The van der Waals surface area contributed by atoms with Crippen LogP contribution in [0.5, 0.6) is 0 Å². The van der Waals surface area contributed by atoms with E-state index in [1.807, 2.05) is 0 Å². The van der Waals surface area contributed by atoms with Crippen LogP contribution in [0.3, 0.4) is 0 Å². The number of fused-ring (bicyclic) bond motifs is 5. The molecule has 1 aliphatic heterocycles. The molecule has 1 aliphatic rings. The molecule has 36 heavy (non-hydrogen) atoms. The number of benzene rings is 5. The van der Waals surface area contributed by atoms with Gasteiger partial charge < -0.3 is 9.47 Å². The van der Waals surface area contributed by atoms with E-state index in [0.717, 1.165) is 10.2 Å². The Bertz CT molecular complexity index is 1780. The number of hydrogen-bond acceptors (Lipinski definition) is 1. The second kappa shape index (κ2) is 7.84. The molecule has 0 amide bonds. The lowest BCUT2D eigenvalue weighted by Crippen LogP contribution is -2.30. The zero-order valence-electron chi connectivity index (χ0n) is 20.2. The Morgan fingerprint density at radius 1 is 0.556 bits per heavy atom. The highest BCUT2D eigenvalue weighted by atomic mass is 79.9. The molecule has 2 heterocycles. The van der Waals surface area contributed by atoms with Gasteiger partial charge in [0.25, 0.3) is 0 Å². The van der Waals surface area contributed by atoms with Crippen molar-refractivity contribution in [3.05, 3.63) is 131 Å². The maximum Gasteiger partial charge on any atom is 0.0545 e. The highest BCUT2D eigenvalue weighted by Crippen LogP contribution is 2.53. The normalized spacial score (nSPS) is 14.1. The van der Waals surface area contributed by atoms with Crippen LogP contribution in [0.4, 0.5) is 17.1 Å². The molecule has 0 N–H and O–H groups in total. The summed E-state index contributed by atoms with van der Waals surface area (Å²) in [7, 11) is 0.